The maximum atomic E-state index is 5.53. The topological polar surface area (TPSA) is 46.2 Å². The standard InChI is InChI=1S/C12H19N3O/c1-9-10(6-7-16-9)8-14-12-5-3-4-11(13-2)15-12/h3-5,9-10H,6-8H2,1-2H3,(H2,13,14,15). The van der Waals surface area contributed by atoms with Gasteiger partial charge in [-0.15, -0.1) is 0 Å². The minimum Gasteiger partial charge on any atom is -0.378 e. The summed E-state index contributed by atoms with van der Waals surface area (Å²) in [6.45, 7) is 3.95. The van der Waals surface area contributed by atoms with Crippen molar-refractivity contribution in [3.63, 3.8) is 0 Å². The highest BCUT2D eigenvalue weighted by molar-refractivity contribution is 5.44. The molecule has 0 amide bonds. The second-order valence-corrected chi connectivity index (χ2v) is 4.16. The van der Waals surface area contributed by atoms with Gasteiger partial charge in [-0.2, -0.15) is 0 Å². The van der Waals surface area contributed by atoms with Gasteiger partial charge in [0.1, 0.15) is 11.6 Å². The number of hydrogen-bond acceptors (Lipinski definition) is 4. The van der Waals surface area contributed by atoms with Gasteiger partial charge in [-0.05, 0) is 25.5 Å². The normalized spacial score (nSPS) is 24.4. The van der Waals surface area contributed by atoms with Gasteiger partial charge in [0, 0.05) is 26.1 Å². The van der Waals surface area contributed by atoms with Crippen molar-refractivity contribution in [2.45, 2.75) is 19.4 Å². The second-order valence-electron chi connectivity index (χ2n) is 4.16. The van der Waals surface area contributed by atoms with Crippen LogP contribution in [0.15, 0.2) is 18.2 Å². The third kappa shape index (κ3) is 2.64. The lowest BCUT2D eigenvalue weighted by molar-refractivity contribution is 0.108. The lowest BCUT2D eigenvalue weighted by Crippen LogP contribution is -2.21. The fourth-order valence-electron chi connectivity index (χ4n) is 1.95. The van der Waals surface area contributed by atoms with Gasteiger partial charge >= 0.3 is 0 Å². The van der Waals surface area contributed by atoms with Crippen molar-refractivity contribution in [1.29, 1.82) is 0 Å². The Morgan fingerprint density at radius 1 is 1.44 bits per heavy atom. The maximum absolute atomic E-state index is 5.53. The Balaban J connectivity index is 1.88. The summed E-state index contributed by atoms with van der Waals surface area (Å²) in [4.78, 5) is 4.41. The molecule has 4 nitrogen and oxygen atoms in total. The Labute approximate surface area is 96.4 Å². The highest BCUT2D eigenvalue weighted by Crippen LogP contribution is 2.20. The monoisotopic (exact) mass is 221 g/mol. The van der Waals surface area contributed by atoms with Crippen LogP contribution in [0.4, 0.5) is 11.6 Å². The van der Waals surface area contributed by atoms with E-state index >= 15 is 0 Å². The van der Waals surface area contributed by atoms with Crippen LogP contribution in [0, 0.1) is 5.92 Å². The summed E-state index contributed by atoms with van der Waals surface area (Å²) >= 11 is 0. The first-order valence-electron chi connectivity index (χ1n) is 5.80. The van der Waals surface area contributed by atoms with Gasteiger partial charge in [0.25, 0.3) is 0 Å². The molecule has 2 N–H and O–H groups in total. The van der Waals surface area contributed by atoms with Gasteiger partial charge < -0.3 is 15.4 Å². The Morgan fingerprint density at radius 2 is 2.25 bits per heavy atom. The summed E-state index contributed by atoms with van der Waals surface area (Å²) < 4.78 is 5.53. The fraction of sp³-hybridized carbons (Fsp3) is 0.583. The molecule has 1 aliphatic rings. The molecule has 2 heterocycles. The summed E-state index contributed by atoms with van der Waals surface area (Å²) in [5, 5.41) is 6.39. The molecule has 2 rings (SSSR count). The van der Waals surface area contributed by atoms with Gasteiger partial charge in [-0.3, -0.25) is 0 Å². The maximum Gasteiger partial charge on any atom is 0.128 e. The zero-order valence-corrected chi connectivity index (χ0v) is 9.86. The van der Waals surface area contributed by atoms with E-state index in [0.29, 0.717) is 12.0 Å². The molecule has 0 radical (unpaired) electrons. The van der Waals surface area contributed by atoms with Crippen LogP contribution in [-0.2, 0) is 4.74 Å². The van der Waals surface area contributed by atoms with E-state index in [4.69, 9.17) is 4.74 Å². The van der Waals surface area contributed by atoms with E-state index in [1.165, 1.54) is 0 Å². The molecule has 1 aliphatic heterocycles. The largest absolute Gasteiger partial charge is 0.378 e. The molecular formula is C12H19N3O. The molecule has 0 bridgehead atoms. The molecule has 0 spiro atoms. The van der Waals surface area contributed by atoms with Gasteiger partial charge in [0.15, 0.2) is 0 Å². The molecule has 0 aromatic carbocycles. The number of rotatable bonds is 4. The van der Waals surface area contributed by atoms with Crippen LogP contribution >= 0.6 is 0 Å². The fourth-order valence-corrected chi connectivity index (χ4v) is 1.95. The molecule has 2 atom stereocenters. The molecule has 1 aromatic rings. The number of hydrogen-bond donors (Lipinski definition) is 2. The van der Waals surface area contributed by atoms with E-state index in [1.807, 2.05) is 25.2 Å². The minimum atomic E-state index is 0.361. The number of nitrogens with one attached hydrogen (secondary N) is 2. The first-order valence-corrected chi connectivity index (χ1v) is 5.80. The first-order chi connectivity index (χ1) is 7.79. The van der Waals surface area contributed by atoms with Gasteiger partial charge in [-0.1, -0.05) is 6.07 Å². The van der Waals surface area contributed by atoms with Gasteiger partial charge in [0.2, 0.25) is 0 Å². The Hall–Kier alpha value is -1.29. The molecule has 1 aromatic heterocycles. The zero-order chi connectivity index (χ0) is 11.4. The number of nitrogens with zero attached hydrogens (tertiary/aromatic N) is 1. The second kappa shape index (κ2) is 5.16. The van der Waals surface area contributed by atoms with Crippen molar-refractivity contribution in [2.24, 2.45) is 5.92 Å². The van der Waals surface area contributed by atoms with E-state index in [2.05, 4.69) is 22.5 Å². The molecular weight excluding hydrogens is 202 g/mol. The average molecular weight is 221 g/mol. The summed E-state index contributed by atoms with van der Waals surface area (Å²) in [5.74, 6) is 2.41. The quantitative estimate of drug-likeness (QED) is 0.816. The van der Waals surface area contributed by atoms with Crippen molar-refractivity contribution in [3.05, 3.63) is 18.2 Å². The van der Waals surface area contributed by atoms with Crippen LogP contribution < -0.4 is 10.6 Å². The molecule has 0 saturated carbocycles. The molecule has 88 valence electrons. The van der Waals surface area contributed by atoms with E-state index in [1.54, 1.807) is 0 Å². The van der Waals surface area contributed by atoms with Gasteiger partial charge in [-0.25, -0.2) is 4.98 Å². The van der Waals surface area contributed by atoms with Crippen molar-refractivity contribution in [1.82, 2.24) is 4.98 Å². The van der Waals surface area contributed by atoms with Gasteiger partial charge in [0.05, 0.1) is 6.10 Å². The first kappa shape index (κ1) is 11.2. The van der Waals surface area contributed by atoms with Crippen molar-refractivity contribution < 1.29 is 4.74 Å². The number of pyridine rings is 1. The smallest absolute Gasteiger partial charge is 0.128 e. The average Bonchev–Trinajstić information content (AvgIpc) is 2.72. The highest BCUT2D eigenvalue weighted by Gasteiger charge is 2.23. The van der Waals surface area contributed by atoms with E-state index in [9.17, 15) is 0 Å². The highest BCUT2D eigenvalue weighted by atomic mass is 16.5. The SMILES string of the molecule is CNc1cccc(NCC2CCOC2C)n1. The van der Waals surface area contributed by atoms with Crippen molar-refractivity contribution in [2.75, 3.05) is 30.8 Å². The van der Waals surface area contributed by atoms with Crippen LogP contribution in [0.2, 0.25) is 0 Å². The lowest BCUT2D eigenvalue weighted by Gasteiger charge is -2.15. The zero-order valence-electron chi connectivity index (χ0n) is 9.86. The molecule has 4 heteroatoms. The minimum absolute atomic E-state index is 0.361. The van der Waals surface area contributed by atoms with Crippen molar-refractivity contribution >= 4 is 11.6 Å². The Kier molecular flexibility index (Phi) is 3.62. The third-order valence-electron chi connectivity index (χ3n) is 3.08. The number of aromatic nitrogens is 1. The van der Waals surface area contributed by atoms with Crippen LogP contribution in [0.25, 0.3) is 0 Å². The predicted molar refractivity (Wildman–Crippen MR) is 65.8 cm³/mol. The summed E-state index contributed by atoms with van der Waals surface area (Å²) in [6, 6.07) is 5.93. The summed E-state index contributed by atoms with van der Waals surface area (Å²) in [5.41, 5.74) is 0. The molecule has 1 saturated heterocycles. The van der Waals surface area contributed by atoms with Crippen LogP contribution in [0.3, 0.4) is 0 Å². The Morgan fingerprint density at radius 3 is 2.94 bits per heavy atom. The van der Waals surface area contributed by atoms with E-state index < -0.39 is 0 Å². The molecule has 0 aliphatic carbocycles. The predicted octanol–water partition coefficient (Wildman–Crippen LogP) is 1.96. The molecule has 1 fully saturated rings. The van der Waals surface area contributed by atoms with Crippen LogP contribution in [0.1, 0.15) is 13.3 Å². The van der Waals surface area contributed by atoms with E-state index in [0.717, 1.165) is 31.2 Å². The van der Waals surface area contributed by atoms with Crippen LogP contribution in [-0.4, -0.2) is 31.3 Å². The number of anilines is 2. The lowest BCUT2D eigenvalue weighted by atomic mass is 10.0. The van der Waals surface area contributed by atoms with Crippen molar-refractivity contribution in [3.8, 4) is 0 Å². The van der Waals surface area contributed by atoms with E-state index in [-0.39, 0.29) is 0 Å². The summed E-state index contributed by atoms with van der Waals surface area (Å²) in [6.07, 6.45) is 1.50. The summed E-state index contributed by atoms with van der Waals surface area (Å²) in [7, 11) is 1.87. The Bertz CT molecular complexity index is 343. The molecule has 2 unspecified atom stereocenters. The van der Waals surface area contributed by atoms with Crippen LogP contribution in [0.5, 0.6) is 0 Å². The number of ether oxygens (including phenoxy) is 1. The third-order valence-corrected chi connectivity index (χ3v) is 3.08. The molecule has 16 heavy (non-hydrogen) atoms.